The monoisotopic (exact) mass is 618 g/mol. The van der Waals surface area contributed by atoms with Gasteiger partial charge in [-0.25, -0.2) is 0 Å². The molecule has 8 heteroatoms. The van der Waals surface area contributed by atoms with Crippen molar-refractivity contribution in [3.63, 3.8) is 0 Å². The molecule has 7 nitrogen and oxygen atoms in total. The van der Waals surface area contributed by atoms with Crippen LogP contribution >= 0.6 is 0 Å². The number of hydrogen-bond donors (Lipinski definition) is 3. The molecule has 2 aliphatic carbocycles. The molecule has 2 aromatic carbocycles. The van der Waals surface area contributed by atoms with Gasteiger partial charge in [0.1, 0.15) is 0 Å². The van der Waals surface area contributed by atoms with Crippen LogP contribution in [-0.4, -0.2) is 42.6 Å². The van der Waals surface area contributed by atoms with E-state index < -0.39 is 33.2 Å². The zero-order valence-corrected chi connectivity index (χ0v) is 27.3. The summed E-state index contributed by atoms with van der Waals surface area (Å²) in [5.41, 5.74) is 5.48. The van der Waals surface area contributed by atoms with Crippen LogP contribution in [0.4, 0.5) is 0 Å². The molecule has 0 aromatic heterocycles. The van der Waals surface area contributed by atoms with E-state index in [1.54, 1.807) is 12.1 Å². The van der Waals surface area contributed by atoms with Gasteiger partial charge in [-0.05, 0) is 84.4 Å². The second kappa shape index (κ2) is 13.7. The predicted molar refractivity (Wildman–Crippen MR) is 176 cm³/mol. The number of hydrogen-bond acceptors (Lipinski definition) is 4. The van der Waals surface area contributed by atoms with Crippen LogP contribution in [0, 0.1) is 5.92 Å². The van der Waals surface area contributed by atoms with Crippen molar-refractivity contribution < 1.29 is 22.6 Å². The molecule has 3 atom stereocenters. The molecule has 0 heterocycles. The average molecular weight is 619 g/mol. The Labute approximate surface area is 262 Å². The molecule has 2 amide bonds. The summed E-state index contributed by atoms with van der Waals surface area (Å²) >= 11 is 0. The SMILES string of the molecule is CC1C=C(C2=CCCCC2)C=CC1(C)NC(=O)C(Cc1ccc(C(=O)NCCS(=O)(=O)O)cc1)c1ccc(C(C)(C)C)cc1. The van der Waals surface area contributed by atoms with Crippen LogP contribution in [-0.2, 0) is 26.7 Å². The Morgan fingerprint density at radius 1 is 1.05 bits per heavy atom. The van der Waals surface area contributed by atoms with E-state index >= 15 is 0 Å². The van der Waals surface area contributed by atoms with Gasteiger partial charge in [0.05, 0.1) is 17.2 Å². The molecule has 0 saturated carbocycles. The van der Waals surface area contributed by atoms with Gasteiger partial charge in [-0.1, -0.05) is 88.4 Å². The van der Waals surface area contributed by atoms with Crippen LogP contribution < -0.4 is 10.6 Å². The van der Waals surface area contributed by atoms with E-state index in [9.17, 15) is 18.0 Å². The Hall–Kier alpha value is -3.49. The molecule has 2 aromatic rings. The van der Waals surface area contributed by atoms with Gasteiger partial charge in [0.2, 0.25) is 5.91 Å². The Kier molecular flexibility index (Phi) is 10.4. The minimum atomic E-state index is -4.16. The fraction of sp³-hybridized carbons (Fsp3) is 0.444. The van der Waals surface area contributed by atoms with Crippen LogP contribution in [0.5, 0.6) is 0 Å². The van der Waals surface area contributed by atoms with Crippen molar-refractivity contribution in [3.05, 3.63) is 106 Å². The largest absolute Gasteiger partial charge is 0.351 e. The van der Waals surface area contributed by atoms with E-state index in [2.05, 4.69) is 81.7 Å². The lowest BCUT2D eigenvalue weighted by Gasteiger charge is -2.37. The van der Waals surface area contributed by atoms with Crippen molar-refractivity contribution in [1.82, 2.24) is 10.6 Å². The van der Waals surface area contributed by atoms with Gasteiger partial charge < -0.3 is 10.6 Å². The third-order valence-electron chi connectivity index (χ3n) is 8.84. The van der Waals surface area contributed by atoms with Crippen LogP contribution in [0.15, 0.2) is 84.0 Å². The standard InChI is InChI=1S/C36H46N2O5S/c1-25-23-30(27-9-7-6-8-10-27)19-20-36(25,5)38-34(40)32(28-15-17-31(18-16-28)35(2,3)4)24-26-11-13-29(14-12-26)33(39)37-21-22-44(41,42)43/h9,11-20,23,25,32H,6-8,10,21-22,24H2,1-5H3,(H,37,39)(H,38,40)(H,41,42,43). The van der Waals surface area contributed by atoms with Crippen molar-refractivity contribution in [2.45, 2.75) is 83.6 Å². The number of nitrogens with one attached hydrogen (secondary N) is 2. The van der Waals surface area contributed by atoms with Crippen molar-refractivity contribution in [3.8, 4) is 0 Å². The van der Waals surface area contributed by atoms with Gasteiger partial charge in [0, 0.05) is 18.0 Å². The fourth-order valence-corrected chi connectivity index (χ4v) is 6.10. The number of rotatable bonds is 10. The van der Waals surface area contributed by atoms with Gasteiger partial charge >= 0.3 is 0 Å². The van der Waals surface area contributed by atoms with Crippen LogP contribution in [0.1, 0.15) is 93.3 Å². The first-order chi connectivity index (χ1) is 20.6. The van der Waals surface area contributed by atoms with Crippen molar-refractivity contribution in [2.75, 3.05) is 12.3 Å². The molecule has 0 radical (unpaired) electrons. The summed E-state index contributed by atoms with van der Waals surface area (Å²) in [6.45, 7) is 10.5. The summed E-state index contributed by atoms with van der Waals surface area (Å²) in [5, 5.41) is 5.87. The maximum atomic E-state index is 14.1. The van der Waals surface area contributed by atoms with E-state index in [0.717, 1.165) is 24.0 Å². The lowest BCUT2D eigenvalue weighted by molar-refractivity contribution is -0.124. The van der Waals surface area contributed by atoms with Crippen molar-refractivity contribution in [1.29, 1.82) is 0 Å². The molecule has 3 N–H and O–H groups in total. The summed E-state index contributed by atoms with van der Waals surface area (Å²) in [6.07, 6.45) is 14.0. The Morgan fingerprint density at radius 2 is 1.73 bits per heavy atom. The molecule has 44 heavy (non-hydrogen) atoms. The molecular formula is C36H46N2O5S. The Balaban J connectivity index is 1.53. The number of amides is 2. The highest BCUT2D eigenvalue weighted by Crippen LogP contribution is 2.34. The van der Waals surface area contributed by atoms with E-state index in [0.29, 0.717) is 12.0 Å². The molecule has 2 aliphatic rings. The minimum absolute atomic E-state index is 0.0122. The topological polar surface area (TPSA) is 113 Å². The number of carbonyl (C=O) groups is 2. The lowest BCUT2D eigenvalue weighted by Crippen LogP contribution is -2.51. The summed E-state index contributed by atoms with van der Waals surface area (Å²) in [4.78, 5) is 26.5. The van der Waals surface area contributed by atoms with E-state index in [4.69, 9.17) is 4.55 Å². The van der Waals surface area contributed by atoms with Crippen molar-refractivity contribution in [2.24, 2.45) is 5.92 Å². The fourth-order valence-electron chi connectivity index (χ4n) is 5.74. The predicted octanol–water partition coefficient (Wildman–Crippen LogP) is 6.44. The van der Waals surface area contributed by atoms with Gasteiger partial charge in [0.25, 0.3) is 16.0 Å². The molecule has 0 spiro atoms. The minimum Gasteiger partial charge on any atom is -0.351 e. The summed E-state index contributed by atoms with van der Waals surface area (Å²) in [5.74, 6) is -1.40. The zero-order chi connectivity index (χ0) is 32.1. The molecule has 3 unspecified atom stereocenters. The van der Waals surface area contributed by atoms with E-state index in [-0.39, 0.29) is 23.8 Å². The maximum Gasteiger partial charge on any atom is 0.266 e. The number of allylic oxidation sites excluding steroid dienone is 4. The molecule has 0 fully saturated rings. The average Bonchev–Trinajstić information content (AvgIpc) is 2.97. The van der Waals surface area contributed by atoms with Crippen LogP contribution in [0.3, 0.4) is 0 Å². The van der Waals surface area contributed by atoms with Gasteiger partial charge in [-0.3, -0.25) is 14.1 Å². The number of benzene rings is 2. The molecular weight excluding hydrogens is 572 g/mol. The molecule has 0 saturated heterocycles. The second-order valence-electron chi connectivity index (χ2n) is 13.4. The zero-order valence-electron chi connectivity index (χ0n) is 26.5. The molecule has 0 bridgehead atoms. The first-order valence-corrected chi connectivity index (χ1v) is 17.1. The quantitative estimate of drug-likeness (QED) is 0.266. The Bertz CT molecular complexity index is 1550. The van der Waals surface area contributed by atoms with Gasteiger partial charge in [0.15, 0.2) is 0 Å². The highest BCUT2D eigenvalue weighted by molar-refractivity contribution is 7.85. The lowest BCUT2D eigenvalue weighted by atomic mass is 9.78. The molecule has 0 aliphatic heterocycles. The number of carbonyl (C=O) groups excluding carboxylic acids is 2. The normalized spacial score (nSPS) is 21.2. The second-order valence-corrected chi connectivity index (χ2v) is 14.9. The third kappa shape index (κ3) is 8.79. The Morgan fingerprint density at radius 3 is 2.30 bits per heavy atom. The molecule has 4 rings (SSSR count). The first kappa shape index (κ1) is 33.4. The van der Waals surface area contributed by atoms with Crippen molar-refractivity contribution >= 4 is 21.9 Å². The first-order valence-electron chi connectivity index (χ1n) is 15.5. The summed E-state index contributed by atoms with van der Waals surface area (Å²) in [7, 11) is -4.16. The third-order valence-corrected chi connectivity index (χ3v) is 9.56. The summed E-state index contributed by atoms with van der Waals surface area (Å²) < 4.78 is 30.8. The maximum absolute atomic E-state index is 14.1. The highest BCUT2D eigenvalue weighted by atomic mass is 32.2. The van der Waals surface area contributed by atoms with Crippen LogP contribution in [0.25, 0.3) is 0 Å². The van der Waals surface area contributed by atoms with E-state index in [1.165, 1.54) is 29.6 Å². The van der Waals surface area contributed by atoms with Crippen LogP contribution in [0.2, 0.25) is 0 Å². The highest BCUT2D eigenvalue weighted by Gasteiger charge is 2.35. The smallest absolute Gasteiger partial charge is 0.266 e. The molecule has 236 valence electrons. The van der Waals surface area contributed by atoms with Gasteiger partial charge in [-0.15, -0.1) is 0 Å². The summed E-state index contributed by atoms with van der Waals surface area (Å²) in [6, 6.07) is 15.2. The van der Waals surface area contributed by atoms with Gasteiger partial charge in [-0.2, -0.15) is 8.42 Å². The van der Waals surface area contributed by atoms with E-state index in [1.807, 2.05) is 24.3 Å².